The fraction of sp³-hybridized carbons (Fsp3) is 0.500. The summed E-state index contributed by atoms with van der Waals surface area (Å²) in [5.41, 5.74) is 3.44. The molecule has 34 heavy (non-hydrogen) atoms. The maximum absolute atomic E-state index is 12.5. The van der Waals surface area contributed by atoms with Crippen LogP contribution in [0.2, 0.25) is 0 Å². The third-order valence-corrected chi connectivity index (χ3v) is 6.33. The van der Waals surface area contributed by atoms with E-state index in [2.05, 4.69) is 27.8 Å². The Hall–Kier alpha value is -3.40. The van der Waals surface area contributed by atoms with Crippen LogP contribution in [0.3, 0.4) is 0 Å². The number of hydrogen-bond acceptors (Lipinski definition) is 6. The molecule has 0 spiro atoms. The van der Waals surface area contributed by atoms with Gasteiger partial charge in [0.05, 0.1) is 38.0 Å². The van der Waals surface area contributed by atoms with Crippen molar-refractivity contribution in [3.8, 4) is 11.4 Å². The van der Waals surface area contributed by atoms with E-state index in [1.165, 1.54) is 0 Å². The Morgan fingerprint density at radius 3 is 2.65 bits per heavy atom. The van der Waals surface area contributed by atoms with Gasteiger partial charge in [0.15, 0.2) is 5.82 Å². The summed E-state index contributed by atoms with van der Waals surface area (Å²) in [6.07, 6.45) is 2.09. The largest absolute Gasteiger partial charge is 0.377 e. The summed E-state index contributed by atoms with van der Waals surface area (Å²) in [5, 5.41) is 8.67. The normalized spacial score (nSPS) is 19.5. The third-order valence-electron chi connectivity index (χ3n) is 6.33. The fourth-order valence-corrected chi connectivity index (χ4v) is 4.34. The van der Waals surface area contributed by atoms with E-state index < -0.39 is 0 Å². The van der Waals surface area contributed by atoms with Gasteiger partial charge in [0.1, 0.15) is 5.82 Å². The van der Waals surface area contributed by atoms with E-state index in [4.69, 9.17) is 14.7 Å². The molecule has 1 saturated carbocycles. The van der Waals surface area contributed by atoms with Crippen LogP contribution in [0.4, 0.5) is 21.1 Å². The number of nitrogens with zero attached hydrogens (tertiary/aromatic N) is 4. The first kappa shape index (κ1) is 22.4. The van der Waals surface area contributed by atoms with Crippen molar-refractivity contribution in [2.75, 3.05) is 36.5 Å². The predicted molar refractivity (Wildman–Crippen MR) is 129 cm³/mol. The van der Waals surface area contributed by atoms with Gasteiger partial charge < -0.3 is 30.5 Å². The summed E-state index contributed by atoms with van der Waals surface area (Å²) >= 11 is 0. The minimum atomic E-state index is -0.182. The summed E-state index contributed by atoms with van der Waals surface area (Å²) in [6.45, 7) is 7.56. The molecule has 0 radical (unpaired) electrons. The minimum absolute atomic E-state index is 0.0945. The average Bonchev–Trinajstić information content (AvgIpc) is 3.53. The molecule has 180 valence electrons. The number of aromatic nitrogens is 2. The van der Waals surface area contributed by atoms with Gasteiger partial charge in [-0.3, -0.25) is 0 Å². The number of ether oxygens (including phenoxy) is 1. The zero-order chi connectivity index (χ0) is 23.7. The molecular weight excluding hydrogens is 434 g/mol. The van der Waals surface area contributed by atoms with E-state index in [1.54, 1.807) is 4.90 Å². The number of carbonyl (C=O) groups is 2. The first-order valence-electron chi connectivity index (χ1n) is 12.0. The number of nitrogens with one attached hydrogen (secondary N) is 3. The van der Waals surface area contributed by atoms with Gasteiger partial charge in [-0.05, 0) is 51.0 Å². The van der Waals surface area contributed by atoms with Crippen molar-refractivity contribution >= 4 is 23.6 Å². The summed E-state index contributed by atoms with van der Waals surface area (Å²) in [5.74, 6) is 1.48. The zero-order valence-corrected chi connectivity index (χ0v) is 19.6. The smallest absolute Gasteiger partial charge is 0.319 e. The van der Waals surface area contributed by atoms with Crippen molar-refractivity contribution in [2.24, 2.45) is 0 Å². The van der Waals surface area contributed by atoms with Crippen LogP contribution in [0, 0.1) is 0 Å². The SMILES string of the molecule is CCNC(=O)N1Cc2nc(-c3ccc(NC(=O)NC4CC4)cc3)nc(N3CCOC[C@@H]3C)c2C1. The average molecular weight is 466 g/mol. The number of urea groups is 2. The van der Waals surface area contributed by atoms with E-state index in [1.807, 2.05) is 31.2 Å². The van der Waals surface area contributed by atoms with Crippen molar-refractivity contribution in [2.45, 2.75) is 51.9 Å². The first-order valence-corrected chi connectivity index (χ1v) is 12.0. The molecule has 4 amide bonds. The Labute approximate surface area is 199 Å². The molecule has 2 aromatic rings. The maximum Gasteiger partial charge on any atom is 0.319 e. The van der Waals surface area contributed by atoms with Crippen LogP contribution in [0.15, 0.2) is 24.3 Å². The van der Waals surface area contributed by atoms with Gasteiger partial charge in [0.25, 0.3) is 0 Å². The number of hydrogen-bond donors (Lipinski definition) is 3. The Kier molecular flexibility index (Phi) is 6.23. The van der Waals surface area contributed by atoms with Crippen LogP contribution in [0.1, 0.15) is 37.9 Å². The minimum Gasteiger partial charge on any atom is -0.377 e. The van der Waals surface area contributed by atoms with Crippen LogP contribution >= 0.6 is 0 Å². The van der Waals surface area contributed by atoms with E-state index in [0.717, 1.165) is 42.0 Å². The number of fused-ring (bicyclic) bond motifs is 1. The Morgan fingerprint density at radius 1 is 1.15 bits per heavy atom. The molecule has 3 N–H and O–H groups in total. The molecule has 1 saturated heterocycles. The maximum atomic E-state index is 12.5. The van der Waals surface area contributed by atoms with E-state index in [9.17, 15) is 9.59 Å². The van der Waals surface area contributed by atoms with Gasteiger partial charge in [-0.25, -0.2) is 19.6 Å². The summed E-state index contributed by atoms with van der Waals surface area (Å²) < 4.78 is 5.63. The second kappa shape index (κ2) is 9.46. The molecule has 2 aliphatic heterocycles. The van der Waals surface area contributed by atoms with Gasteiger partial charge in [0.2, 0.25) is 0 Å². The van der Waals surface area contributed by atoms with Crippen molar-refractivity contribution in [1.82, 2.24) is 25.5 Å². The van der Waals surface area contributed by atoms with Gasteiger partial charge in [-0.2, -0.15) is 0 Å². The van der Waals surface area contributed by atoms with E-state index >= 15 is 0 Å². The number of rotatable bonds is 5. The monoisotopic (exact) mass is 465 g/mol. The van der Waals surface area contributed by atoms with Crippen molar-refractivity contribution in [1.29, 1.82) is 0 Å². The molecule has 10 nitrogen and oxygen atoms in total. The van der Waals surface area contributed by atoms with Gasteiger partial charge in [-0.15, -0.1) is 0 Å². The molecule has 3 heterocycles. The Morgan fingerprint density at radius 2 is 1.94 bits per heavy atom. The lowest BCUT2D eigenvalue weighted by Crippen LogP contribution is -2.44. The number of carbonyl (C=O) groups excluding carboxylic acids is 2. The second-order valence-corrected chi connectivity index (χ2v) is 9.06. The van der Waals surface area contributed by atoms with Crippen LogP contribution in [0.5, 0.6) is 0 Å². The number of amides is 4. The number of morpholine rings is 1. The lowest BCUT2D eigenvalue weighted by Gasteiger charge is -2.35. The highest BCUT2D eigenvalue weighted by atomic mass is 16.5. The van der Waals surface area contributed by atoms with Crippen LogP contribution in [-0.2, 0) is 17.8 Å². The summed E-state index contributed by atoms with van der Waals surface area (Å²) in [7, 11) is 0. The molecule has 1 aliphatic carbocycles. The molecule has 1 atom stereocenters. The lowest BCUT2D eigenvalue weighted by atomic mass is 10.1. The molecule has 1 aromatic carbocycles. The molecule has 10 heteroatoms. The zero-order valence-electron chi connectivity index (χ0n) is 19.6. The van der Waals surface area contributed by atoms with Crippen molar-refractivity contribution in [3.63, 3.8) is 0 Å². The molecule has 0 unspecified atom stereocenters. The number of benzene rings is 1. The molecule has 1 aromatic heterocycles. The fourth-order valence-electron chi connectivity index (χ4n) is 4.34. The number of anilines is 2. The van der Waals surface area contributed by atoms with Crippen LogP contribution < -0.4 is 20.9 Å². The quantitative estimate of drug-likeness (QED) is 0.626. The molecule has 3 aliphatic rings. The molecule has 5 rings (SSSR count). The van der Waals surface area contributed by atoms with Crippen molar-refractivity contribution < 1.29 is 14.3 Å². The van der Waals surface area contributed by atoms with E-state index in [-0.39, 0.29) is 18.1 Å². The molecule has 2 fully saturated rings. The topological polar surface area (TPSA) is 112 Å². The predicted octanol–water partition coefficient (Wildman–Crippen LogP) is 2.70. The summed E-state index contributed by atoms with van der Waals surface area (Å²) in [4.78, 5) is 38.4. The highest BCUT2D eigenvalue weighted by Crippen LogP contribution is 2.33. The standard InChI is InChI=1S/C24H31N7O3/c1-3-25-24(33)30-12-19-20(13-30)28-21(29-22(19)31-10-11-34-14-15(31)2)16-4-6-17(7-5-16)26-23(32)27-18-8-9-18/h4-7,15,18H,3,8-14H2,1-2H3,(H,25,33)(H2,26,27,32)/t15-/m0/s1. The van der Waals surface area contributed by atoms with Crippen LogP contribution in [0.25, 0.3) is 11.4 Å². The Bertz CT molecular complexity index is 1070. The van der Waals surface area contributed by atoms with Gasteiger partial charge in [-0.1, -0.05) is 0 Å². The third kappa shape index (κ3) is 4.77. The molecular formula is C24H31N7O3. The Balaban J connectivity index is 1.42. The first-order chi connectivity index (χ1) is 16.5. The van der Waals surface area contributed by atoms with Gasteiger partial charge >= 0.3 is 12.1 Å². The van der Waals surface area contributed by atoms with Gasteiger partial charge in [0, 0.05) is 35.9 Å². The highest BCUT2D eigenvalue weighted by Gasteiger charge is 2.32. The highest BCUT2D eigenvalue weighted by molar-refractivity contribution is 5.89. The second-order valence-electron chi connectivity index (χ2n) is 9.06. The van der Waals surface area contributed by atoms with Crippen LogP contribution in [-0.4, -0.2) is 65.3 Å². The molecule has 0 bridgehead atoms. The summed E-state index contributed by atoms with van der Waals surface area (Å²) in [6, 6.07) is 7.75. The van der Waals surface area contributed by atoms with E-state index in [0.29, 0.717) is 50.4 Å². The lowest BCUT2D eigenvalue weighted by molar-refractivity contribution is 0.0984. The van der Waals surface area contributed by atoms with Crippen molar-refractivity contribution in [3.05, 3.63) is 35.5 Å².